The fraction of sp³-hybridized carbons (Fsp3) is 0.500. The number of ether oxygens (including phenoxy) is 1. The highest BCUT2D eigenvalue weighted by atomic mass is 35.5. The summed E-state index contributed by atoms with van der Waals surface area (Å²) in [5, 5.41) is -0.217. The molecule has 0 saturated carbocycles. The number of alkyl halides is 1. The number of aromatic nitrogens is 2. The molecule has 0 saturated heterocycles. The van der Waals surface area contributed by atoms with E-state index in [1.807, 2.05) is 18.4 Å². The summed E-state index contributed by atoms with van der Waals surface area (Å²) in [5.74, 6) is 0.244. The molecule has 2 aromatic rings. The Labute approximate surface area is 127 Å². The number of nitrogens with zero attached hydrogens (tertiary/aromatic N) is 2. The molecule has 2 rings (SSSR count). The number of methoxy groups -OCH3 is 1. The molecule has 1 aromatic carbocycles. The summed E-state index contributed by atoms with van der Waals surface area (Å²) in [6.45, 7) is 4.41. The van der Waals surface area contributed by atoms with Gasteiger partial charge in [0.05, 0.1) is 34.1 Å². The van der Waals surface area contributed by atoms with Gasteiger partial charge in [0, 0.05) is 13.2 Å². The van der Waals surface area contributed by atoms with Gasteiger partial charge in [0.2, 0.25) is 0 Å². The Morgan fingerprint density at radius 2 is 2.15 bits per heavy atom. The van der Waals surface area contributed by atoms with E-state index in [4.69, 9.17) is 27.9 Å². The molecular weight excluding hydrogens is 302 g/mol. The SMILES string of the molecule is CCC(COC)n1c(C(C)Cl)nc2cc(Cl)c(F)cc21. The van der Waals surface area contributed by atoms with Crippen LogP contribution in [0.25, 0.3) is 11.0 Å². The molecule has 0 aliphatic heterocycles. The topological polar surface area (TPSA) is 27.1 Å². The molecule has 3 nitrogen and oxygen atoms in total. The molecule has 110 valence electrons. The molecule has 0 amide bonds. The van der Waals surface area contributed by atoms with Crippen LogP contribution in [0.4, 0.5) is 4.39 Å². The summed E-state index contributed by atoms with van der Waals surface area (Å²) in [5.41, 5.74) is 1.34. The van der Waals surface area contributed by atoms with Crippen LogP contribution in [-0.4, -0.2) is 23.3 Å². The molecule has 0 aliphatic carbocycles. The Bertz CT molecular complexity index is 613. The number of hydrogen-bond donors (Lipinski definition) is 0. The van der Waals surface area contributed by atoms with Gasteiger partial charge in [0.25, 0.3) is 0 Å². The van der Waals surface area contributed by atoms with E-state index in [9.17, 15) is 4.39 Å². The molecule has 2 atom stereocenters. The highest BCUT2D eigenvalue weighted by Gasteiger charge is 2.22. The molecule has 6 heteroatoms. The normalized spacial score (nSPS) is 14.7. The first kappa shape index (κ1) is 15.5. The highest BCUT2D eigenvalue weighted by molar-refractivity contribution is 6.31. The van der Waals surface area contributed by atoms with E-state index in [0.29, 0.717) is 23.5 Å². The van der Waals surface area contributed by atoms with E-state index in [2.05, 4.69) is 4.98 Å². The van der Waals surface area contributed by atoms with Gasteiger partial charge in [0.15, 0.2) is 0 Å². The largest absolute Gasteiger partial charge is 0.383 e. The lowest BCUT2D eigenvalue weighted by molar-refractivity contribution is 0.153. The zero-order valence-electron chi connectivity index (χ0n) is 11.7. The Kier molecular flexibility index (Phi) is 4.89. The van der Waals surface area contributed by atoms with Gasteiger partial charge in [-0.3, -0.25) is 0 Å². The van der Waals surface area contributed by atoms with Crippen molar-refractivity contribution in [2.45, 2.75) is 31.7 Å². The second kappa shape index (κ2) is 6.29. The molecule has 0 radical (unpaired) electrons. The first-order chi connectivity index (χ1) is 9.49. The third kappa shape index (κ3) is 2.78. The third-order valence-corrected chi connectivity index (χ3v) is 3.79. The number of fused-ring (bicyclic) bond motifs is 1. The molecule has 0 N–H and O–H groups in total. The summed E-state index contributed by atoms with van der Waals surface area (Å²) in [6, 6.07) is 3.00. The molecule has 1 aromatic heterocycles. The van der Waals surface area contributed by atoms with Gasteiger partial charge in [0.1, 0.15) is 11.6 Å². The van der Waals surface area contributed by atoms with E-state index in [1.54, 1.807) is 7.11 Å². The van der Waals surface area contributed by atoms with Gasteiger partial charge < -0.3 is 9.30 Å². The maximum atomic E-state index is 13.8. The molecule has 0 spiro atoms. The highest BCUT2D eigenvalue weighted by Crippen LogP contribution is 2.31. The Morgan fingerprint density at radius 3 is 2.70 bits per heavy atom. The zero-order valence-corrected chi connectivity index (χ0v) is 13.2. The quantitative estimate of drug-likeness (QED) is 0.745. The van der Waals surface area contributed by atoms with Crippen molar-refractivity contribution in [2.75, 3.05) is 13.7 Å². The van der Waals surface area contributed by atoms with Gasteiger partial charge in [-0.2, -0.15) is 0 Å². The van der Waals surface area contributed by atoms with E-state index in [0.717, 1.165) is 6.42 Å². The van der Waals surface area contributed by atoms with E-state index >= 15 is 0 Å². The minimum atomic E-state index is -0.457. The van der Waals surface area contributed by atoms with Gasteiger partial charge in [-0.15, -0.1) is 11.6 Å². The molecular formula is C14H17Cl2FN2O. The van der Waals surface area contributed by atoms with Gasteiger partial charge in [-0.1, -0.05) is 18.5 Å². The minimum absolute atomic E-state index is 0.0572. The number of rotatable bonds is 5. The minimum Gasteiger partial charge on any atom is -0.383 e. The standard InChI is InChI=1S/C14H17Cl2FN2O/c1-4-9(7-20-3)19-13-6-11(17)10(16)5-12(13)18-14(19)8(2)15/h5-6,8-9H,4,7H2,1-3H3. The second-order valence-electron chi connectivity index (χ2n) is 4.73. The Balaban J connectivity index is 2.70. The molecule has 20 heavy (non-hydrogen) atoms. The maximum absolute atomic E-state index is 13.8. The van der Waals surface area contributed by atoms with Crippen LogP contribution in [-0.2, 0) is 4.74 Å². The van der Waals surface area contributed by atoms with Crippen LogP contribution < -0.4 is 0 Å². The van der Waals surface area contributed by atoms with E-state index in [-0.39, 0.29) is 16.4 Å². The fourth-order valence-corrected chi connectivity index (χ4v) is 2.65. The predicted octanol–water partition coefficient (Wildman–Crippen LogP) is 4.73. The summed E-state index contributed by atoms with van der Waals surface area (Å²) in [7, 11) is 1.64. The van der Waals surface area contributed by atoms with Crippen LogP contribution in [0.15, 0.2) is 12.1 Å². The number of halogens is 3. The number of benzene rings is 1. The van der Waals surface area contributed by atoms with Crippen LogP contribution in [0.3, 0.4) is 0 Å². The zero-order chi connectivity index (χ0) is 14.9. The summed E-state index contributed by atoms with van der Waals surface area (Å²) < 4.78 is 21.0. The van der Waals surface area contributed by atoms with Gasteiger partial charge in [-0.25, -0.2) is 9.37 Å². The fourth-order valence-electron chi connectivity index (χ4n) is 2.34. The van der Waals surface area contributed by atoms with Crippen molar-refractivity contribution in [1.29, 1.82) is 0 Å². The van der Waals surface area contributed by atoms with Crippen molar-refractivity contribution in [2.24, 2.45) is 0 Å². The van der Waals surface area contributed by atoms with Crippen molar-refractivity contribution in [3.63, 3.8) is 0 Å². The molecule has 0 fully saturated rings. The van der Waals surface area contributed by atoms with Crippen molar-refractivity contribution in [3.05, 3.63) is 28.8 Å². The van der Waals surface area contributed by atoms with Crippen molar-refractivity contribution in [1.82, 2.24) is 9.55 Å². The molecule has 0 bridgehead atoms. The van der Waals surface area contributed by atoms with Crippen molar-refractivity contribution < 1.29 is 9.13 Å². The first-order valence-corrected chi connectivity index (χ1v) is 7.30. The summed E-state index contributed by atoms with van der Waals surface area (Å²) >= 11 is 12.0. The third-order valence-electron chi connectivity index (χ3n) is 3.31. The Morgan fingerprint density at radius 1 is 1.45 bits per heavy atom. The van der Waals surface area contributed by atoms with Crippen LogP contribution >= 0.6 is 23.2 Å². The lowest BCUT2D eigenvalue weighted by Gasteiger charge is -2.20. The predicted molar refractivity (Wildman–Crippen MR) is 80.2 cm³/mol. The summed E-state index contributed by atoms with van der Waals surface area (Å²) in [6.07, 6.45) is 0.833. The smallest absolute Gasteiger partial charge is 0.144 e. The number of hydrogen-bond acceptors (Lipinski definition) is 2. The van der Waals surface area contributed by atoms with Crippen LogP contribution in [0.5, 0.6) is 0 Å². The summed E-state index contributed by atoms with van der Waals surface area (Å²) in [4.78, 5) is 4.49. The average molecular weight is 319 g/mol. The first-order valence-electron chi connectivity index (χ1n) is 6.49. The van der Waals surface area contributed by atoms with Gasteiger partial charge in [-0.05, 0) is 19.4 Å². The second-order valence-corrected chi connectivity index (χ2v) is 5.79. The van der Waals surface area contributed by atoms with Gasteiger partial charge >= 0.3 is 0 Å². The maximum Gasteiger partial charge on any atom is 0.144 e. The van der Waals surface area contributed by atoms with Crippen LogP contribution in [0.2, 0.25) is 5.02 Å². The molecule has 1 heterocycles. The lowest BCUT2D eigenvalue weighted by atomic mass is 10.2. The van der Waals surface area contributed by atoms with Crippen molar-refractivity contribution >= 4 is 34.2 Å². The Hall–Kier alpha value is -0.840. The van der Waals surface area contributed by atoms with Crippen molar-refractivity contribution in [3.8, 4) is 0 Å². The molecule has 2 unspecified atom stereocenters. The molecule has 0 aliphatic rings. The van der Waals surface area contributed by atoms with E-state index < -0.39 is 5.82 Å². The average Bonchev–Trinajstić information content (AvgIpc) is 2.75. The van der Waals surface area contributed by atoms with Crippen LogP contribution in [0.1, 0.15) is 37.5 Å². The number of imidazole rings is 1. The van der Waals surface area contributed by atoms with E-state index in [1.165, 1.54) is 12.1 Å². The monoisotopic (exact) mass is 318 g/mol. The lowest BCUT2D eigenvalue weighted by Crippen LogP contribution is -2.17. The van der Waals surface area contributed by atoms with Crippen LogP contribution in [0, 0.1) is 5.82 Å².